The molecular formula is C19H19NO3. The second-order valence-corrected chi connectivity index (χ2v) is 4.80. The van der Waals surface area contributed by atoms with Crippen LogP contribution in [0.4, 0.5) is 0 Å². The molecule has 2 aromatic carbocycles. The third kappa shape index (κ3) is 5.08. The van der Waals surface area contributed by atoms with Crippen molar-refractivity contribution in [2.24, 2.45) is 0 Å². The second-order valence-electron chi connectivity index (χ2n) is 4.80. The molecule has 0 heterocycles. The van der Waals surface area contributed by atoms with Gasteiger partial charge in [-0.05, 0) is 29.8 Å². The first kappa shape index (κ1) is 16.4. The van der Waals surface area contributed by atoms with Gasteiger partial charge in [0.2, 0.25) is 5.91 Å². The Balaban J connectivity index is 1.84. The van der Waals surface area contributed by atoms with Gasteiger partial charge in [-0.2, -0.15) is 0 Å². The standard InChI is InChI=1S/C19H19NO3/c1-22-17-11-9-15(10-12-17)14-19(21)20-13-5-7-16-6-3-4-8-18(16)23-2/h3-4,6,8-12H,13-14H2,1-2H3,(H,20,21). The van der Waals surface area contributed by atoms with E-state index < -0.39 is 0 Å². The predicted molar refractivity (Wildman–Crippen MR) is 89.6 cm³/mol. The van der Waals surface area contributed by atoms with E-state index in [0.29, 0.717) is 13.0 Å². The summed E-state index contributed by atoms with van der Waals surface area (Å²) < 4.78 is 10.3. The van der Waals surface area contributed by atoms with Crippen LogP contribution in [0.3, 0.4) is 0 Å². The number of methoxy groups -OCH3 is 2. The van der Waals surface area contributed by atoms with E-state index in [9.17, 15) is 4.79 Å². The summed E-state index contributed by atoms with van der Waals surface area (Å²) >= 11 is 0. The molecular weight excluding hydrogens is 290 g/mol. The number of ether oxygens (including phenoxy) is 2. The minimum Gasteiger partial charge on any atom is -0.497 e. The molecule has 118 valence electrons. The van der Waals surface area contributed by atoms with Gasteiger partial charge in [0.15, 0.2) is 0 Å². The maximum atomic E-state index is 11.9. The van der Waals surface area contributed by atoms with E-state index in [1.54, 1.807) is 14.2 Å². The van der Waals surface area contributed by atoms with E-state index in [-0.39, 0.29) is 5.91 Å². The first-order valence-corrected chi connectivity index (χ1v) is 7.24. The molecule has 1 N–H and O–H groups in total. The van der Waals surface area contributed by atoms with E-state index in [1.165, 1.54) is 0 Å². The second kappa shape index (κ2) is 8.50. The number of rotatable bonds is 5. The predicted octanol–water partition coefficient (Wildman–Crippen LogP) is 2.41. The van der Waals surface area contributed by atoms with Crippen LogP contribution >= 0.6 is 0 Å². The molecule has 0 saturated heterocycles. The topological polar surface area (TPSA) is 47.6 Å². The molecule has 0 aliphatic rings. The van der Waals surface area contributed by atoms with Crippen LogP contribution in [0.15, 0.2) is 48.5 Å². The third-order valence-corrected chi connectivity index (χ3v) is 3.23. The third-order valence-electron chi connectivity index (χ3n) is 3.23. The highest BCUT2D eigenvalue weighted by atomic mass is 16.5. The zero-order valence-electron chi connectivity index (χ0n) is 13.3. The Morgan fingerprint density at radius 2 is 1.78 bits per heavy atom. The fourth-order valence-electron chi connectivity index (χ4n) is 2.02. The number of carbonyl (C=O) groups excluding carboxylic acids is 1. The zero-order valence-corrected chi connectivity index (χ0v) is 13.3. The number of amides is 1. The van der Waals surface area contributed by atoms with Crippen molar-refractivity contribution < 1.29 is 14.3 Å². The Kier molecular flexibility index (Phi) is 6.07. The average molecular weight is 309 g/mol. The molecule has 0 spiro atoms. The minimum absolute atomic E-state index is 0.0653. The Hall–Kier alpha value is -2.93. The van der Waals surface area contributed by atoms with Crippen molar-refractivity contribution in [3.05, 3.63) is 59.7 Å². The molecule has 0 aliphatic carbocycles. The van der Waals surface area contributed by atoms with Crippen LogP contribution in [-0.4, -0.2) is 26.7 Å². The van der Waals surface area contributed by atoms with E-state index >= 15 is 0 Å². The summed E-state index contributed by atoms with van der Waals surface area (Å²) in [6, 6.07) is 14.9. The highest BCUT2D eigenvalue weighted by Gasteiger charge is 2.02. The minimum atomic E-state index is -0.0653. The van der Waals surface area contributed by atoms with E-state index in [0.717, 1.165) is 22.6 Å². The smallest absolute Gasteiger partial charge is 0.225 e. The fraction of sp³-hybridized carbons (Fsp3) is 0.211. The summed E-state index contributed by atoms with van der Waals surface area (Å²) in [6.45, 7) is 0.299. The molecule has 1 amide bonds. The van der Waals surface area contributed by atoms with Crippen LogP contribution in [0.1, 0.15) is 11.1 Å². The molecule has 0 atom stereocenters. The van der Waals surface area contributed by atoms with E-state index in [2.05, 4.69) is 17.2 Å². The highest BCUT2D eigenvalue weighted by molar-refractivity contribution is 5.78. The highest BCUT2D eigenvalue weighted by Crippen LogP contribution is 2.15. The van der Waals surface area contributed by atoms with Crippen molar-refractivity contribution in [3.8, 4) is 23.3 Å². The van der Waals surface area contributed by atoms with Crippen molar-refractivity contribution in [1.29, 1.82) is 0 Å². The summed E-state index contributed by atoms with van der Waals surface area (Å²) in [5.74, 6) is 7.36. The van der Waals surface area contributed by atoms with Crippen LogP contribution in [0.2, 0.25) is 0 Å². The molecule has 2 rings (SSSR count). The maximum Gasteiger partial charge on any atom is 0.225 e. The Morgan fingerprint density at radius 3 is 2.48 bits per heavy atom. The lowest BCUT2D eigenvalue weighted by Gasteiger charge is -2.04. The van der Waals surface area contributed by atoms with Crippen molar-refractivity contribution in [2.75, 3.05) is 20.8 Å². The molecule has 0 fully saturated rings. The van der Waals surface area contributed by atoms with Gasteiger partial charge in [-0.25, -0.2) is 0 Å². The van der Waals surface area contributed by atoms with Crippen LogP contribution < -0.4 is 14.8 Å². The number of carbonyl (C=O) groups is 1. The van der Waals surface area contributed by atoms with Crippen LogP contribution in [0, 0.1) is 11.8 Å². The van der Waals surface area contributed by atoms with Gasteiger partial charge < -0.3 is 14.8 Å². The van der Waals surface area contributed by atoms with Gasteiger partial charge in [-0.15, -0.1) is 0 Å². The fourth-order valence-corrected chi connectivity index (χ4v) is 2.02. The number of hydrogen-bond acceptors (Lipinski definition) is 3. The Bertz CT molecular complexity index is 711. The normalized spacial score (nSPS) is 9.48. The average Bonchev–Trinajstić information content (AvgIpc) is 2.59. The van der Waals surface area contributed by atoms with Crippen LogP contribution in [0.25, 0.3) is 0 Å². The van der Waals surface area contributed by atoms with Gasteiger partial charge in [0.25, 0.3) is 0 Å². The van der Waals surface area contributed by atoms with Crippen LogP contribution in [-0.2, 0) is 11.2 Å². The molecule has 4 nitrogen and oxygen atoms in total. The SMILES string of the molecule is COc1ccc(CC(=O)NCC#Cc2ccccc2OC)cc1. The molecule has 4 heteroatoms. The summed E-state index contributed by atoms with van der Waals surface area (Å²) in [7, 11) is 3.22. The molecule has 0 radical (unpaired) electrons. The number of hydrogen-bond donors (Lipinski definition) is 1. The first-order chi connectivity index (χ1) is 11.2. The van der Waals surface area contributed by atoms with Gasteiger partial charge >= 0.3 is 0 Å². The molecule has 0 unspecified atom stereocenters. The van der Waals surface area contributed by atoms with Crippen molar-refractivity contribution in [1.82, 2.24) is 5.32 Å². The van der Waals surface area contributed by atoms with Gasteiger partial charge in [0.1, 0.15) is 11.5 Å². The molecule has 0 bridgehead atoms. The molecule has 2 aromatic rings. The van der Waals surface area contributed by atoms with Gasteiger partial charge in [-0.3, -0.25) is 4.79 Å². The summed E-state index contributed by atoms with van der Waals surface area (Å²) in [6.07, 6.45) is 0.320. The zero-order chi connectivity index (χ0) is 16.5. The van der Waals surface area contributed by atoms with Gasteiger partial charge in [0, 0.05) is 0 Å². The largest absolute Gasteiger partial charge is 0.497 e. The number of nitrogens with one attached hydrogen (secondary N) is 1. The summed E-state index contributed by atoms with van der Waals surface area (Å²) in [5.41, 5.74) is 1.74. The van der Waals surface area contributed by atoms with Gasteiger partial charge in [-0.1, -0.05) is 36.1 Å². The lowest BCUT2D eigenvalue weighted by molar-refractivity contribution is -0.120. The maximum absolute atomic E-state index is 11.9. The molecule has 0 aliphatic heterocycles. The van der Waals surface area contributed by atoms with E-state index in [4.69, 9.17) is 9.47 Å². The monoisotopic (exact) mass is 309 g/mol. The Morgan fingerprint density at radius 1 is 1.04 bits per heavy atom. The van der Waals surface area contributed by atoms with Crippen molar-refractivity contribution in [3.63, 3.8) is 0 Å². The lowest BCUT2D eigenvalue weighted by Crippen LogP contribution is -2.25. The molecule has 0 saturated carbocycles. The van der Waals surface area contributed by atoms with Crippen LogP contribution in [0.5, 0.6) is 11.5 Å². The molecule has 0 aromatic heterocycles. The van der Waals surface area contributed by atoms with E-state index in [1.807, 2.05) is 48.5 Å². The first-order valence-electron chi connectivity index (χ1n) is 7.24. The van der Waals surface area contributed by atoms with Gasteiger partial charge in [0.05, 0.1) is 32.7 Å². The Labute approximate surface area is 136 Å². The summed E-state index contributed by atoms with van der Waals surface area (Å²) in [4.78, 5) is 11.9. The van der Waals surface area contributed by atoms with Crippen molar-refractivity contribution >= 4 is 5.91 Å². The lowest BCUT2D eigenvalue weighted by atomic mass is 10.1. The number of para-hydroxylation sites is 1. The number of benzene rings is 2. The van der Waals surface area contributed by atoms with Crippen molar-refractivity contribution in [2.45, 2.75) is 6.42 Å². The quantitative estimate of drug-likeness (QED) is 0.863. The molecule has 23 heavy (non-hydrogen) atoms. The summed E-state index contributed by atoms with van der Waals surface area (Å²) in [5, 5.41) is 2.78.